The van der Waals surface area contributed by atoms with E-state index in [1.54, 1.807) is 0 Å². The largest absolute Gasteiger partial charge is 0.469 e. The van der Waals surface area contributed by atoms with Crippen LogP contribution in [0, 0.1) is 0 Å². The molecule has 20 heavy (non-hydrogen) atoms. The normalized spacial score (nSPS) is 9.85. The molecule has 0 amide bonds. The molecule has 104 valence electrons. The molecule has 0 spiro atoms. The number of esters is 1. The highest BCUT2D eigenvalue weighted by Gasteiger charge is 1.99. The molecule has 2 rings (SSSR count). The first-order chi connectivity index (χ1) is 9.78. The lowest BCUT2D eigenvalue weighted by atomic mass is 10.2. The molecule has 0 bridgehead atoms. The molecule has 2 aromatic rings. The Morgan fingerprint density at radius 1 is 0.950 bits per heavy atom. The fraction of sp³-hybridized carbons (Fsp3) is 0.188. The van der Waals surface area contributed by atoms with Crippen molar-refractivity contribution in [2.75, 3.05) is 24.3 Å². The molecule has 0 aromatic heterocycles. The van der Waals surface area contributed by atoms with Gasteiger partial charge >= 0.3 is 5.97 Å². The van der Waals surface area contributed by atoms with Crippen LogP contribution in [0.4, 0.5) is 17.1 Å². The second-order valence-corrected chi connectivity index (χ2v) is 4.32. The molecule has 0 aliphatic rings. The Labute approximate surface area is 118 Å². The van der Waals surface area contributed by atoms with E-state index in [2.05, 4.69) is 15.4 Å². The third kappa shape index (κ3) is 4.31. The van der Waals surface area contributed by atoms with Gasteiger partial charge in [0.05, 0.1) is 13.5 Å². The molecule has 0 saturated heterocycles. The second kappa shape index (κ2) is 7.19. The maximum atomic E-state index is 11.0. The molecule has 4 nitrogen and oxygen atoms in total. The first kappa shape index (κ1) is 13.9. The van der Waals surface area contributed by atoms with Gasteiger partial charge in [0.15, 0.2) is 0 Å². The predicted molar refractivity (Wildman–Crippen MR) is 81.3 cm³/mol. The van der Waals surface area contributed by atoms with Crippen molar-refractivity contribution in [3.8, 4) is 0 Å². The molecule has 0 aliphatic carbocycles. The van der Waals surface area contributed by atoms with Gasteiger partial charge in [-0.1, -0.05) is 18.2 Å². The monoisotopic (exact) mass is 270 g/mol. The van der Waals surface area contributed by atoms with E-state index in [1.807, 2.05) is 54.6 Å². The number of carbonyl (C=O) groups excluding carboxylic acids is 1. The Kier molecular flexibility index (Phi) is 5.00. The van der Waals surface area contributed by atoms with Crippen LogP contribution in [0.25, 0.3) is 0 Å². The van der Waals surface area contributed by atoms with Crippen LogP contribution in [0.15, 0.2) is 54.6 Å². The van der Waals surface area contributed by atoms with E-state index in [4.69, 9.17) is 0 Å². The van der Waals surface area contributed by atoms with Crippen molar-refractivity contribution in [1.82, 2.24) is 0 Å². The van der Waals surface area contributed by atoms with E-state index in [-0.39, 0.29) is 5.97 Å². The van der Waals surface area contributed by atoms with Crippen molar-refractivity contribution in [3.05, 3.63) is 54.6 Å². The Hall–Kier alpha value is -2.49. The van der Waals surface area contributed by atoms with Crippen LogP contribution < -0.4 is 10.6 Å². The summed E-state index contributed by atoms with van der Waals surface area (Å²) in [6.07, 6.45) is 0.362. The zero-order valence-electron chi connectivity index (χ0n) is 11.4. The number of anilines is 3. The summed E-state index contributed by atoms with van der Waals surface area (Å²) in [4.78, 5) is 11.0. The van der Waals surface area contributed by atoms with E-state index in [0.717, 1.165) is 17.1 Å². The minimum absolute atomic E-state index is 0.208. The summed E-state index contributed by atoms with van der Waals surface area (Å²) in [6, 6.07) is 17.9. The molecule has 2 aromatic carbocycles. The third-order valence-corrected chi connectivity index (χ3v) is 2.83. The first-order valence-electron chi connectivity index (χ1n) is 6.51. The van der Waals surface area contributed by atoms with Gasteiger partial charge in [-0.15, -0.1) is 0 Å². The van der Waals surface area contributed by atoms with E-state index in [0.29, 0.717) is 13.0 Å². The summed E-state index contributed by atoms with van der Waals surface area (Å²) in [6.45, 7) is 0.568. The SMILES string of the molecule is COC(=O)CCNc1ccc(Nc2ccccc2)cc1. The first-order valence-corrected chi connectivity index (χ1v) is 6.51. The highest BCUT2D eigenvalue weighted by molar-refractivity contribution is 5.70. The smallest absolute Gasteiger partial charge is 0.307 e. The summed E-state index contributed by atoms with van der Waals surface area (Å²) in [5.74, 6) is -0.208. The van der Waals surface area contributed by atoms with Gasteiger partial charge in [0.2, 0.25) is 0 Å². The average Bonchev–Trinajstić information content (AvgIpc) is 2.50. The van der Waals surface area contributed by atoms with E-state index < -0.39 is 0 Å². The molecule has 0 saturated carbocycles. The van der Waals surface area contributed by atoms with Gasteiger partial charge in [0, 0.05) is 23.6 Å². The van der Waals surface area contributed by atoms with Crippen molar-refractivity contribution >= 4 is 23.0 Å². The fourth-order valence-electron chi connectivity index (χ4n) is 1.77. The average molecular weight is 270 g/mol. The summed E-state index contributed by atoms with van der Waals surface area (Å²) < 4.78 is 4.58. The lowest BCUT2D eigenvalue weighted by Crippen LogP contribution is -2.09. The van der Waals surface area contributed by atoms with Gasteiger partial charge in [-0.05, 0) is 36.4 Å². The van der Waals surface area contributed by atoms with Crippen LogP contribution in [0.2, 0.25) is 0 Å². The maximum Gasteiger partial charge on any atom is 0.307 e. The lowest BCUT2D eigenvalue weighted by Gasteiger charge is -2.09. The highest BCUT2D eigenvalue weighted by atomic mass is 16.5. The number of ether oxygens (including phenoxy) is 1. The Morgan fingerprint density at radius 3 is 2.20 bits per heavy atom. The summed E-state index contributed by atoms with van der Waals surface area (Å²) >= 11 is 0. The lowest BCUT2D eigenvalue weighted by molar-refractivity contribution is -0.140. The fourth-order valence-corrected chi connectivity index (χ4v) is 1.77. The zero-order valence-corrected chi connectivity index (χ0v) is 11.4. The quantitative estimate of drug-likeness (QED) is 0.790. The number of nitrogens with one attached hydrogen (secondary N) is 2. The molecule has 0 fully saturated rings. The van der Waals surface area contributed by atoms with E-state index >= 15 is 0 Å². The molecule has 2 N–H and O–H groups in total. The zero-order chi connectivity index (χ0) is 14.2. The van der Waals surface area contributed by atoms with Crippen LogP contribution in [0.1, 0.15) is 6.42 Å². The van der Waals surface area contributed by atoms with Crippen LogP contribution >= 0.6 is 0 Å². The van der Waals surface area contributed by atoms with Gasteiger partial charge in [-0.2, -0.15) is 0 Å². The Morgan fingerprint density at radius 2 is 1.55 bits per heavy atom. The molecule has 0 aliphatic heterocycles. The van der Waals surface area contributed by atoms with Gasteiger partial charge in [0.25, 0.3) is 0 Å². The summed E-state index contributed by atoms with van der Waals surface area (Å²) in [7, 11) is 1.40. The number of para-hydroxylation sites is 1. The second-order valence-electron chi connectivity index (χ2n) is 4.32. The standard InChI is InChI=1S/C16H18N2O2/c1-20-16(19)11-12-17-13-7-9-15(10-8-13)18-14-5-3-2-4-6-14/h2-10,17-18H,11-12H2,1H3. The predicted octanol–water partition coefficient (Wildman–Crippen LogP) is 3.41. The van der Waals surface area contributed by atoms with Crippen molar-refractivity contribution in [1.29, 1.82) is 0 Å². The molecule has 0 heterocycles. The summed E-state index contributed by atoms with van der Waals surface area (Å²) in [5, 5.41) is 6.49. The van der Waals surface area contributed by atoms with Crippen LogP contribution in [0.5, 0.6) is 0 Å². The van der Waals surface area contributed by atoms with Crippen LogP contribution in [-0.4, -0.2) is 19.6 Å². The molecular weight excluding hydrogens is 252 g/mol. The number of hydrogen-bond donors (Lipinski definition) is 2. The number of methoxy groups -OCH3 is 1. The Balaban J connectivity index is 1.85. The van der Waals surface area contributed by atoms with Gasteiger partial charge in [-0.3, -0.25) is 4.79 Å². The molecule has 0 unspecified atom stereocenters. The molecule has 0 radical (unpaired) electrons. The third-order valence-electron chi connectivity index (χ3n) is 2.83. The number of rotatable bonds is 6. The molecule has 0 atom stereocenters. The van der Waals surface area contributed by atoms with E-state index in [1.165, 1.54) is 7.11 Å². The number of carbonyl (C=O) groups is 1. The van der Waals surface area contributed by atoms with Crippen LogP contribution in [-0.2, 0) is 9.53 Å². The highest BCUT2D eigenvalue weighted by Crippen LogP contribution is 2.18. The van der Waals surface area contributed by atoms with Gasteiger partial charge in [-0.25, -0.2) is 0 Å². The Bertz CT molecular complexity index is 538. The molecular formula is C16H18N2O2. The number of benzene rings is 2. The van der Waals surface area contributed by atoms with Crippen molar-refractivity contribution < 1.29 is 9.53 Å². The van der Waals surface area contributed by atoms with Gasteiger partial charge < -0.3 is 15.4 Å². The van der Waals surface area contributed by atoms with Crippen molar-refractivity contribution in [2.24, 2.45) is 0 Å². The number of hydrogen-bond acceptors (Lipinski definition) is 4. The minimum atomic E-state index is -0.208. The van der Waals surface area contributed by atoms with Crippen molar-refractivity contribution in [3.63, 3.8) is 0 Å². The van der Waals surface area contributed by atoms with E-state index in [9.17, 15) is 4.79 Å². The minimum Gasteiger partial charge on any atom is -0.469 e. The maximum absolute atomic E-state index is 11.0. The van der Waals surface area contributed by atoms with Crippen molar-refractivity contribution in [2.45, 2.75) is 6.42 Å². The van der Waals surface area contributed by atoms with Crippen LogP contribution in [0.3, 0.4) is 0 Å². The topological polar surface area (TPSA) is 50.4 Å². The summed E-state index contributed by atoms with van der Waals surface area (Å²) in [5.41, 5.74) is 3.06. The molecule has 4 heteroatoms. The van der Waals surface area contributed by atoms with Gasteiger partial charge in [0.1, 0.15) is 0 Å².